The van der Waals surface area contributed by atoms with Gasteiger partial charge in [-0.1, -0.05) is 26.0 Å². The van der Waals surface area contributed by atoms with Crippen molar-refractivity contribution < 1.29 is 18.0 Å². The number of nitrogens with zero attached hydrogens (tertiary/aromatic N) is 4. The van der Waals surface area contributed by atoms with Crippen LogP contribution in [0.2, 0.25) is 0 Å². The molecule has 1 aliphatic rings. The van der Waals surface area contributed by atoms with Crippen molar-refractivity contribution >= 4 is 33.2 Å². The van der Waals surface area contributed by atoms with Gasteiger partial charge in [-0.15, -0.1) is 0 Å². The molecule has 9 nitrogen and oxygen atoms in total. The van der Waals surface area contributed by atoms with Crippen molar-refractivity contribution in [2.75, 3.05) is 23.3 Å². The number of para-hydroxylation sites is 2. The summed E-state index contributed by atoms with van der Waals surface area (Å²) in [6, 6.07) is 6.79. The minimum Gasteiger partial charge on any atom is -0.324 e. The van der Waals surface area contributed by atoms with E-state index in [-0.39, 0.29) is 35.7 Å². The lowest BCUT2D eigenvalue weighted by molar-refractivity contribution is -0.120. The molecular formula is C21H29N5O4S. The van der Waals surface area contributed by atoms with E-state index in [9.17, 15) is 18.0 Å². The first-order valence-corrected chi connectivity index (χ1v) is 11.8. The number of sulfonamides is 1. The molecule has 0 aliphatic carbocycles. The molecule has 1 aromatic carbocycles. The number of carbonyl (C=O) groups excluding carboxylic acids is 2. The van der Waals surface area contributed by atoms with Crippen LogP contribution >= 0.6 is 0 Å². The molecule has 0 saturated heterocycles. The Labute approximate surface area is 183 Å². The second-order valence-corrected chi connectivity index (χ2v) is 9.50. The van der Waals surface area contributed by atoms with Crippen LogP contribution in [0.3, 0.4) is 0 Å². The van der Waals surface area contributed by atoms with Crippen LogP contribution in [0.5, 0.6) is 0 Å². The van der Waals surface area contributed by atoms with Gasteiger partial charge in [0.25, 0.3) is 0 Å². The van der Waals surface area contributed by atoms with Crippen molar-refractivity contribution in [3.63, 3.8) is 0 Å². The highest BCUT2D eigenvalue weighted by Gasteiger charge is 2.32. The van der Waals surface area contributed by atoms with Crippen molar-refractivity contribution in [2.45, 2.75) is 58.5 Å². The monoisotopic (exact) mass is 447 g/mol. The van der Waals surface area contributed by atoms with Gasteiger partial charge in [0.05, 0.1) is 22.8 Å². The Bertz CT molecular complexity index is 1100. The van der Waals surface area contributed by atoms with E-state index in [2.05, 4.69) is 10.4 Å². The smallest absolute Gasteiger partial charge is 0.249 e. The molecule has 0 radical (unpaired) electrons. The first-order chi connectivity index (χ1) is 14.6. The number of hydrogen-bond donors (Lipinski definition) is 1. The van der Waals surface area contributed by atoms with Gasteiger partial charge in [0.15, 0.2) is 0 Å². The average Bonchev–Trinajstić information content (AvgIpc) is 2.89. The van der Waals surface area contributed by atoms with Crippen LogP contribution in [-0.4, -0.2) is 53.4 Å². The normalized spacial score (nSPS) is 16.8. The number of fused-ring (bicyclic) bond motifs is 1. The van der Waals surface area contributed by atoms with Crippen molar-refractivity contribution in [3.05, 3.63) is 35.7 Å². The number of benzene rings is 1. The summed E-state index contributed by atoms with van der Waals surface area (Å²) in [5, 5.41) is 7.19. The predicted molar refractivity (Wildman–Crippen MR) is 118 cm³/mol. The number of aromatic nitrogens is 2. The van der Waals surface area contributed by atoms with Gasteiger partial charge in [0.2, 0.25) is 21.8 Å². The number of amides is 2. The van der Waals surface area contributed by atoms with E-state index in [0.717, 1.165) is 0 Å². The molecule has 0 fully saturated rings. The summed E-state index contributed by atoms with van der Waals surface area (Å²) in [5.74, 6) is -0.428. The summed E-state index contributed by atoms with van der Waals surface area (Å²) in [7, 11) is -3.70. The van der Waals surface area contributed by atoms with E-state index in [0.29, 0.717) is 35.9 Å². The molecule has 0 unspecified atom stereocenters. The standard InChI is InChI=1S/C21H29N5O4S/c1-6-24(7-2)31(29,30)21-15(4)23-25(16(21)5)13-20(28)26-14(3)12-19(27)22-17-10-8-9-11-18(17)26/h8-11,14H,6-7,12-13H2,1-5H3,(H,22,27)/t14-/m0/s1. The Balaban J connectivity index is 1.97. The van der Waals surface area contributed by atoms with Gasteiger partial charge in [-0.25, -0.2) is 8.42 Å². The summed E-state index contributed by atoms with van der Waals surface area (Å²) in [6.45, 7) is 9.26. The van der Waals surface area contributed by atoms with Crippen molar-refractivity contribution in [3.8, 4) is 0 Å². The molecule has 0 saturated carbocycles. The summed E-state index contributed by atoms with van der Waals surface area (Å²) in [5.41, 5.74) is 1.97. The fraction of sp³-hybridized carbons (Fsp3) is 0.476. The van der Waals surface area contributed by atoms with Gasteiger partial charge in [0.1, 0.15) is 11.4 Å². The number of aryl methyl sites for hydroxylation is 1. The van der Waals surface area contributed by atoms with Gasteiger partial charge >= 0.3 is 0 Å². The van der Waals surface area contributed by atoms with E-state index in [1.165, 1.54) is 8.99 Å². The zero-order valence-corrected chi connectivity index (χ0v) is 19.4. The van der Waals surface area contributed by atoms with Gasteiger partial charge in [-0.3, -0.25) is 14.3 Å². The molecule has 0 spiro atoms. The molecule has 2 heterocycles. The van der Waals surface area contributed by atoms with E-state index >= 15 is 0 Å². The maximum atomic E-state index is 13.3. The molecule has 1 N–H and O–H groups in total. The summed E-state index contributed by atoms with van der Waals surface area (Å²) >= 11 is 0. The second-order valence-electron chi connectivity index (χ2n) is 7.63. The van der Waals surface area contributed by atoms with Gasteiger partial charge in [0, 0.05) is 25.6 Å². The topological polar surface area (TPSA) is 105 Å². The van der Waals surface area contributed by atoms with Gasteiger partial charge in [-0.05, 0) is 32.9 Å². The summed E-state index contributed by atoms with van der Waals surface area (Å²) in [4.78, 5) is 27.2. The quantitative estimate of drug-likeness (QED) is 0.732. The molecule has 1 aliphatic heterocycles. The van der Waals surface area contributed by atoms with Crippen LogP contribution in [-0.2, 0) is 26.2 Å². The third-order valence-corrected chi connectivity index (χ3v) is 7.83. The van der Waals surface area contributed by atoms with E-state index < -0.39 is 10.0 Å². The number of anilines is 2. The van der Waals surface area contributed by atoms with Crippen LogP contribution in [0.4, 0.5) is 11.4 Å². The van der Waals surface area contributed by atoms with E-state index in [1.807, 2.05) is 6.92 Å². The third kappa shape index (κ3) is 4.22. The van der Waals surface area contributed by atoms with Crippen molar-refractivity contribution in [1.29, 1.82) is 0 Å². The fourth-order valence-corrected chi connectivity index (χ4v) is 5.90. The van der Waals surface area contributed by atoms with Crippen LogP contribution in [0.1, 0.15) is 38.6 Å². The SMILES string of the molecule is CCN(CC)S(=O)(=O)c1c(C)nn(CC(=O)N2c3ccccc3NC(=O)C[C@@H]2C)c1C. The summed E-state index contributed by atoms with van der Waals surface area (Å²) < 4.78 is 28.9. The highest BCUT2D eigenvalue weighted by Crippen LogP contribution is 2.32. The third-order valence-electron chi connectivity index (χ3n) is 5.53. The van der Waals surface area contributed by atoms with E-state index in [4.69, 9.17) is 0 Å². The van der Waals surface area contributed by atoms with Gasteiger partial charge < -0.3 is 10.2 Å². The molecule has 0 bridgehead atoms. The lowest BCUT2D eigenvalue weighted by atomic mass is 10.1. The molecule has 31 heavy (non-hydrogen) atoms. The minimum atomic E-state index is -3.70. The fourth-order valence-electron chi connectivity index (χ4n) is 4.07. The second kappa shape index (κ2) is 8.80. The van der Waals surface area contributed by atoms with Crippen LogP contribution in [0.15, 0.2) is 29.2 Å². The summed E-state index contributed by atoms with van der Waals surface area (Å²) in [6.07, 6.45) is 0.166. The van der Waals surface area contributed by atoms with Crippen molar-refractivity contribution in [1.82, 2.24) is 14.1 Å². The molecule has 10 heteroatoms. The van der Waals surface area contributed by atoms with Crippen LogP contribution in [0.25, 0.3) is 0 Å². The molecule has 1 aromatic heterocycles. The number of hydrogen-bond acceptors (Lipinski definition) is 5. The highest BCUT2D eigenvalue weighted by molar-refractivity contribution is 7.89. The predicted octanol–water partition coefficient (Wildman–Crippen LogP) is 2.29. The molecule has 3 rings (SSSR count). The lowest BCUT2D eigenvalue weighted by Gasteiger charge is -2.28. The number of nitrogens with one attached hydrogen (secondary N) is 1. The zero-order chi connectivity index (χ0) is 22.9. The molecule has 2 amide bonds. The molecule has 1 atom stereocenters. The van der Waals surface area contributed by atoms with Crippen LogP contribution < -0.4 is 10.2 Å². The zero-order valence-electron chi connectivity index (χ0n) is 18.5. The van der Waals surface area contributed by atoms with Crippen molar-refractivity contribution in [2.24, 2.45) is 0 Å². The highest BCUT2D eigenvalue weighted by atomic mass is 32.2. The Kier molecular flexibility index (Phi) is 6.51. The molecule has 168 valence electrons. The largest absolute Gasteiger partial charge is 0.324 e. The Morgan fingerprint density at radius 3 is 2.52 bits per heavy atom. The maximum Gasteiger partial charge on any atom is 0.249 e. The average molecular weight is 448 g/mol. The Morgan fingerprint density at radius 2 is 1.87 bits per heavy atom. The Hall–Kier alpha value is -2.72. The lowest BCUT2D eigenvalue weighted by Crippen LogP contribution is -2.41. The maximum absolute atomic E-state index is 13.3. The first-order valence-electron chi connectivity index (χ1n) is 10.4. The van der Waals surface area contributed by atoms with Crippen LogP contribution in [0, 0.1) is 13.8 Å². The molecule has 2 aromatic rings. The number of carbonyl (C=O) groups is 2. The van der Waals surface area contributed by atoms with E-state index in [1.54, 1.807) is 56.9 Å². The molecular weight excluding hydrogens is 418 g/mol. The first kappa shape index (κ1) is 23.0. The minimum absolute atomic E-state index is 0.132. The number of rotatable bonds is 6. The Morgan fingerprint density at radius 1 is 1.23 bits per heavy atom. The van der Waals surface area contributed by atoms with Gasteiger partial charge in [-0.2, -0.15) is 9.40 Å².